The molecule has 0 aromatic rings. The van der Waals surface area contributed by atoms with Crippen molar-refractivity contribution < 1.29 is 5.11 Å². The van der Waals surface area contributed by atoms with E-state index in [-0.39, 0.29) is 5.54 Å². The number of hydrogen-bond donors (Lipinski definition) is 2. The third-order valence-corrected chi connectivity index (χ3v) is 6.75. The number of aliphatic hydroxyl groups is 1. The Balaban J connectivity index is 1.90. The van der Waals surface area contributed by atoms with Crippen LogP contribution in [0.3, 0.4) is 0 Å². The van der Waals surface area contributed by atoms with E-state index in [2.05, 4.69) is 39.1 Å². The predicted octanol–water partition coefficient (Wildman–Crippen LogP) is 5.85. The van der Waals surface area contributed by atoms with Crippen molar-refractivity contribution in [2.24, 2.45) is 17.3 Å². The van der Waals surface area contributed by atoms with Crippen molar-refractivity contribution in [3.8, 4) is 0 Å². The van der Waals surface area contributed by atoms with E-state index >= 15 is 0 Å². The summed E-state index contributed by atoms with van der Waals surface area (Å²) in [6.07, 6.45) is 14.2. The zero-order chi connectivity index (χ0) is 18.7. The van der Waals surface area contributed by atoms with Crippen LogP contribution < -0.4 is 5.32 Å². The average Bonchev–Trinajstić information content (AvgIpc) is 2.79. The summed E-state index contributed by atoms with van der Waals surface area (Å²) in [6.45, 7) is 14.2. The molecule has 2 nitrogen and oxygen atoms in total. The van der Waals surface area contributed by atoms with Gasteiger partial charge >= 0.3 is 0 Å². The van der Waals surface area contributed by atoms with E-state index in [1.807, 2.05) is 13.8 Å². The van der Waals surface area contributed by atoms with Gasteiger partial charge in [0.2, 0.25) is 0 Å². The first-order chi connectivity index (χ1) is 11.5. The Morgan fingerprint density at radius 3 is 2.52 bits per heavy atom. The molecule has 2 aliphatic carbocycles. The van der Waals surface area contributed by atoms with E-state index < -0.39 is 5.60 Å². The molecule has 0 saturated heterocycles. The lowest BCUT2D eigenvalue weighted by molar-refractivity contribution is 0.0659. The Kier molecular flexibility index (Phi) is 6.82. The van der Waals surface area contributed by atoms with Gasteiger partial charge in [0.25, 0.3) is 0 Å². The standard InChI is InChI=1S/C23H43NO/c1-21(2,3)24-17-14-18-10-9-16-23(6)19(12-13-20(18)23)11-7-8-15-22(4,5)25/h14,19-20,24-25H,7-13,15-17H2,1-6H3/b18-14+. The first-order valence-electron chi connectivity index (χ1n) is 10.7. The molecule has 25 heavy (non-hydrogen) atoms. The third-order valence-electron chi connectivity index (χ3n) is 6.75. The molecule has 0 heterocycles. The first-order valence-corrected chi connectivity index (χ1v) is 10.7. The minimum Gasteiger partial charge on any atom is -0.390 e. The summed E-state index contributed by atoms with van der Waals surface area (Å²) in [5, 5.41) is 13.5. The second-order valence-corrected chi connectivity index (χ2v) is 10.7. The topological polar surface area (TPSA) is 32.3 Å². The number of fused-ring (bicyclic) bond motifs is 1. The highest BCUT2D eigenvalue weighted by Crippen LogP contribution is 2.58. The zero-order valence-corrected chi connectivity index (χ0v) is 17.8. The van der Waals surface area contributed by atoms with Crippen molar-refractivity contribution in [3.05, 3.63) is 11.6 Å². The van der Waals surface area contributed by atoms with Gasteiger partial charge < -0.3 is 10.4 Å². The van der Waals surface area contributed by atoms with Crippen LogP contribution in [0.2, 0.25) is 0 Å². The van der Waals surface area contributed by atoms with Crippen molar-refractivity contribution in [1.29, 1.82) is 0 Å². The summed E-state index contributed by atoms with van der Waals surface area (Å²) in [6, 6.07) is 0. The third kappa shape index (κ3) is 6.10. The maximum atomic E-state index is 9.91. The van der Waals surface area contributed by atoms with Gasteiger partial charge in [0.1, 0.15) is 0 Å². The van der Waals surface area contributed by atoms with Crippen molar-refractivity contribution in [2.45, 2.75) is 110 Å². The molecule has 2 N–H and O–H groups in total. The Labute approximate surface area is 156 Å². The fourth-order valence-corrected chi connectivity index (χ4v) is 5.30. The normalized spacial score (nSPS) is 32.2. The highest BCUT2D eigenvalue weighted by molar-refractivity contribution is 5.18. The molecular formula is C23H43NO. The molecule has 3 unspecified atom stereocenters. The Hall–Kier alpha value is -0.340. The molecular weight excluding hydrogens is 306 g/mol. The summed E-state index contributed by atoms with van der Waals surface area (Å²) in [7, 11) is 0. The van der Waals surface area contributed by atoms with Crippen LogP contribution in [0.15, 0.2) is 11.6 Å². The minimum absolute atomic E-state index is 0.202. The molecule has 2 heteroatoms. The van der Waals surface area contributed by atoms with E-state index in [0.29, 0.717) is 5.41 Å². The van der Waals surface area contributed by atoms with Gasteiger partial charge in [-0.25, -0.2) is 0 Å². The van der Waals surface area contributed by atoms with Crippen LogP contribution >= 0.6 is 0 Å². The number of allylic oxidation sites excluding steroid dienone is 1. The highest BCUT2D eigenvalue weighted by Gasteiger charge is 2.48. The summed E-state index contributed by atoms with van der Waals surface area (Å²) in [5.74, 6) is 1.71. The van der Waals surface area contributed by atoms with E-state index in [4.69, 9.17) is 0 Å². The summed E-state index contributed by atoms with van der Waals surface area (Å²) in [4.78, 5) is 0. The van der Waals surface area contributed by atoms with Gasteiger partial charge in [0.05, 0.1) is 5.60 Å². The number of rotatable bonds is 7. The lowest BCUT2D eigenvalue weighted by atomic mass is 9.62. The van der Waals surface area contributed by atoms with Crippen LogP contribution in [0.25, 0.3) is 0 Å². The van der Waals surface area contributed by atoms with Crippen molar-refractivity contribution in [3.63, 3.8) is 0 Å². The van der Waals surface area contributed by atoms with E-state index in [0.717, 1.165) is 24.8 Å². The molecule has 146 valence electrons. The van der Waals surface area contributed by atoms with Gasteiger partial charge in [0, 0.05) is 12.1 Å². The SMILES string of the molecule is CC(C)(O)CCCCC1CCC2/C(=C/CNC(C)(C)C)CCCC12C. The fraction of sp³-hybridized carbons (Fsp3) is 0.913. The monoisotopic (exact) mass is 349 g/mol. The van der Waals surface area contributed by atoms with Gasteiger partial charge in [-0.15, -0.1) is 0 Å². The van der Waals surface area contributed by atoms with Crippen LogP contribution in [0, 0.1) is 17.3 Å². The van der Waals surface area contributed by atoms with Gasteiger partial charge in [-0.3, -0.25) is 0 Å². The van der Waals surface area contributed by atoms with Gasteiger partial charge in [0.15, 0.2) is 0 Å². The van der Waals surface area contributed by atoms with E-state index in [9.17, 15) is 5.11 Å². The lowest BCUT2D eigenvalue weighted by Crippen LogP contribution is -2.37. The molecule has 0 aromatic heterocycles. The Morgan fingerprint density at radius 2 is 1.88 bits per heavy atom. The highest BCUT2D eigenvalue weighted by atomic mass is 16.3. The van der Waals surface area contributed by atoms with Crippen molar-refractivity contribution in [1.82, 2.24) is 5.32 Å². The second kappa shape index (κ2) is 8.13. The quantitative estimate of drug-likeness (QED) is 0.446. The van der Waals surface area contributed by atoms with Crippen LogP contribution in [-0.4, -0.2) is 22.8 Å². The van der Waals surface area contributed by atoms with Crippen LogP contribution in [0.4, 0.5) is 0 Å². The van der Waals surface area contributed by atoms with Crippen molar-refractivity contribution in [2.75, 3.05) is 6.54 Å². The molecule has 2 saturated carbocycles. The molecule has 0 spiro atoms. The summed E-state index contributed by atoms with van der Waals surface area (Å²) in [5.41, 5.74) is 1.97. The molecule has 0 radical (unpaired) electrons. The number of nitrogens with one attached hydrogen (secondary N) is 1. The molecule has 2 rings (SSSR count). The first kappa shape index (κ1) is 21.0. The van der Waals surface area contributed by atoms with E-state index in [1.54, 1.807) is 5.57 Å². The Bertz CT molecular complexity index is 454. The Morgan fingerprint density at radius 1 is 1.16 bits per heavy atom. The van der Waals surface area contributed by atoms with Gasteiger partial charge in [-0.2, -0.15) is 0 Å². The molecule has 0 amide bonds. The minimum atomic E-state index is -0.497. The number of hydrogen-bond acceptors (Lipinski definition) is 2. The largest absolute Gasteiger partial charge is 0.390 e. The van der Waals surface area contributed by atoms with Crippen LogP contribution in [0.5, 0.6) is 0 Å². The smallest absolute Gasteiger partial charge is 0.0591 e. The molecule has 0 aliphatic heterocycles. The predicted molar refractivity (Wildman–Crippen MR) is 109 cm³/mol. The average molecular weight is 350 g/mol. The maximum absolute atomic E-state index is 9.91. The molecule has 0 bridgehead atoms. The number of unbranched alkanes of at least 4 members (excludes halogenated alkanes) is 1. The molecule has 2 fully saturated rings. The molecule has 2 aliphatic rings. The second-order valence-electron chi connectivity index (χ2n) is 10.7. The van der Waals surface area contributed by atoms with E-state index in [1.165, 1.54) is 51.4 Å². The fourth-order valence-electron chi connectivity index (χ4n) is 5.30. The van der Waals surface area contributed by atoms with Crippen LogP contribution in [0.1, 0.15) is 99.3 Å². The van der Waals surface area contributed by atoms with Crippen molar-refractivity contribution >= 4 is 0 Å². The van der Waals surface area contributed by atoms with Gasteiger partial charge in [-0.05, 0) is 96.8 Å². The summed E-state index contributed by atoms with van der Waals surface area (Å²) < 4.78 is 0. The molecule has 0 aromatic carbocycles. The maximum Gasteiger partial charge on any atom is 0.0591 e. The summed E-state index contributed by atoms with van der Waals surface area (Å²) >= 11 is 0. The van der Waals surface area contributed by atoms with Crippen LogP contribution in [-0.2, 0) is 0 Å². The zero-order valence-electron chi connectivity index (χ0n) is 17.8. The van der Waals surface area contributed by atoms with Gasteiger partial charge in [-0.1, -0.05) is 31.4 Å². The lowest BCUT2D eigenvalue weighted by Gasteiger charge is -2.42. The molecule has 3 atom stereocenters.